The van der Waals surface area contributed by atoms with E-state index in [1.807, 2.05) is 0 Å². The minimum atomic E-state index is -0.322. The van der Waals surface area contributed by atoms with E-state index in [0.717, 1.165) is 0 Å². The summed E-state index contributed by atoms with van der Waals surface area (Å²) in [5, 5.41) is 2.75. The average Bonchev–Trinajstić information content (AvgIpc) is 2.31. The van der Waals surface area contributed by atoms with Gasteiger partial charge in [-0.05, 0) is 25.8 Å². The number of pyridine rings is 1. The fourth-order valence-corrected chi connectivity index (χ4v) is 1.50. The SMILES string of the molecule is Cc1ncc(N)cc1C(=O)NCCCCC(N)=O. The highest BCUT2D eigenvalue weighted by Crippen LogP contribution is 2.09. The summed E-state index contributed by atoms with van der Waals surface area (Å²) in [6, 6.07) is 1.60. The summed E-state index contributed by atoms with van der Waals surface area (Å²) in [5.74, 6) is -0.524. The molecule has 0 aliphatic heterocycles. The van der Waals surface area contributed by atoms with Gasteiger partial charge in [-0.15, -0.1) is 0 Å². The molecule has 0 unspecified atom stereocenters. The van der Waals surface area contributed by atoms with E-state index in [9.17, 15) is 9.59 Å². The van der Waals surface area contributed by atoms with Crippen LogP contribution in [0.25, 0.3) is 0 Å². The van der Waals surface area contributed by atoms with Crippen LogP contribution in [0.5, 0.6) is 0 Å². The highest BCUT2D eigenvalue weighted by Gasteiger charge is 2.09. The summed E-state index contributed by atoms with van der Waals surface area (Å²) in [7, 11) is 0. The summed E-state index contributed by atoms with van der Waals surface area (Å²) < 4.78 is 0. The third-order valence-electron chi connectivity index (χ3n) is 2.49. The molecule has 0 fully saturated rings. The van der Waals surface area contributed by atoms with Gasteiger partial charge in [-0.25, -0.2) is 0 Å². The fourth-order valence-electron chi connectivity index (χ4n) is 1.50. The van der Waals surface area contributed by atoms with Gasteiger partial charge in [-0.1, -0.05) is 0 Å². The van der Waals surface area contributed by atoms with E-state index in [1.165, 1.54) is 6.20 Å². The third-order valence-corrected chi connectivity index (χ3v) is 2.49. The molecule has 1 aromatic heterocycles. The molecular weight excluding hydrogens is 232 g/mol. The maximum Gasteiger partial charge on any atom is 0.253 e. The number of nitrogen functional groups attached to an aromatic ring is 1. The number of nitrogens with zero attached hydrogens (tertiary/aromatic N) is 1. The number of nitrogens with one attached hydrogen (secondary N) is 1. The molecule has 0 atom stereocenters. The minimum absolute atomic E-state index is 0.202. The summed E-state index contributed by atoms with van der Waals surface area (Å²) in [6.45, 7) is 2.25. The first-order valence-corrected chi connectivity index (χ1v) is 5.79. The van der Waals surface area contributed by atoms with Gasteiger partial charge < -0.3 is 16.8 Å². The summed E-state index contributed by atoms with van der Waals surface area (Å²) >= 11 is 0. The third kappa shape index (κ3) is 4.40. The maximum atomic E-state index is 11.8. The second-order valence-electron chi connectivity index (χ2n) is 4.08. The monoisotopic (exact) mass is 250 g/mol. The zero-order valence-corrected chi connectivity index (χ0v) is 10.4. The number of carbonyl (C=O) groups is 2. The zero-order valence-electron chi connectivity index (χ0n) is 10.4. The van der Waals surface area contributed by atoms with Crippen molar-refractivity contribution in [2.45, 2.75) is 26.2 Å². The highest BCUT2D eigenvalue weighted by molar-refractivity contribution is 5.95. The number of aromatic nitrogens is 1. The first-order chi connectivity index (χ1) is 8.50. The van der Waals surface area contributed by atoms with Gasteiger partial charge in [0.15, 0.2) is 0 Å². The molecule has 18 heavy (non-hydrogen) atoms. The number of hydrogen-bond donors (Lipinski definition) is 3. The second-order valence-corrected chi connectivity index (χ2v) is 4.08. The number of rotatable bonds is 6. The Balaban J connectivity index is 2.41. The van der Waals surface area contributed by atoms with E-state index >= 15 is 0 Å². The lowest BCUT2D eigenvalue weighted by molar-refractivity contribution is -0.118. The maximum absolute atomic E-state index is 11.8. The quantitative estimate of drug-likeness (QED) is 0.633. The molecule has 0 saturated heterocycles. The Morgan fingerprint density at radius 1 is 1.39 bits per heavy atom. The number of aryl methyl sites for hydroxylation is 1. The van der Waals surface area contributed by atoms with E-state index in [0.29, 0.717) is 42.8 Å². The van der Waals surface area contributed by atoms with Gasteiger partial charge in [-0.2, -0.15) is 0 Å². The molecule has 0 bridgehead atoms. The Kier molecular flexibility index (Phi) is 5.10. The van der Waals surface area contributed by atoms with Gasteiger partial charge in [0.1, 0.15) is 0 Å². The predicted molar refractivity (Wildman–Crippen MR) is 68.8 cm³/mol. The Morgan fingerprint density at radius 3 is 2.78 bits per heavy atom. The van der Waals surface area contributed by atoms with Crippen LogP contribution in [0.3, 0.4) is 0 Å². The molecule has 5 N–H and O–H groups in total. The van der Waals surface area contributed by atoms with Crippen molar-refractivity contribution in [3.05, 3.63) is 23.5 Å². The zero-order chi connectivity index (χ0) is 13.5. The van der Waals surface area contributed by atoms with Crippen molar-refractivity contribution in [3.63, 3.8) is 0 Å². The van der Waals surface area contributed by atoms with Gasteiger partial charge in [0.25, 0.3) is 5.91 Å². The number of amides is 2. The number of carbonyl (C=O) groups excluding carboxylic acids is 2. The molecule has 0 saturated carbocycles. The molecule has 0 spiro atoms. The molecule has 0 aromatic carbocycles. The number of nitrogens with two attached hydrogens (primary N) is 2. The van der Waals surface area contributed by atoms with Crippen molar-refractivity contribution >= 4 is 17.5 Å². The lowest BCUT2D eigenvalue weighted by Gasteiger charge is -2.07. The molecule has 1 aromatic rings. The number of unbranched alkanes of at least 4 members (excludes halogenated alkanes) is 1. The molecule has 6 heteroatoms. The Morgan fingerprint density at radius 2 is 2.11 bits per heavy atom. The second kappa shape index (κ2) is 6.58. The molecule has 0 aliphatic carbocycles. The van der Waals surface area contributed by atoms with Crippen molar-refractivity contribution in [2.24, 2.45) is 5.73 Å². The lowest BCUT2D eigenvalue weighted by atomic mass is 10.1. The van der Waals surface area contributed by atoms with Crippen LogP contribution >= 0.6 is 0 Å². The molecule has 1 heterocycles. The van der Waals surface area contributed by atoms with Crippen LogP contribution in [0.2, 0.25) is 0 Å². The average molecular weight is 250 g/mol. The van der Waals surface area contributed by atoms with E-state index in [-0.39, 0.29) is 11.8 Å². The first kappa shape index (κ1) is 14.0. The van der Waals surface area contributed by atoms with Crippen molar-refractivity contribution < 1.29 is 9.59 Å². The summed E-state index contributed by atoms with van der Waals surface area (Å²) in [5.41, 5.74) is 12.2. The van der Waals surface area contributed by atoms with Gasteiger partial charge >= 0.3 is 0 Å². The predicted octanol–water partition coefficient (Wildman–Crippen LogP) is 0.358. The van der Waals surface area contributed by atoms with Crippen LogP contribution in [0, 0.1) is 6.92 Å². The Bertz CT molecular complexity index is 446. The van der Waals surface area contributed by atoms with Crippen LogP contribution in [0.1, 0.15) is 35.3 Å². The van der Waals surface area contributed by atoms with Crippen LogP contribution in [-0.4, -0.2) is 23.3 Å². The van der Waals surface area contributed by atoms with Crippen LogP contribution in [0.15, 0.2) is 12.3 Å². The normalized spacial score (nSPS) is 10.1. The van der Waals surface area contributed by atoms with Gasteiger partial charge in [0.2, 0.25) is 5.91 Å². The van der Waals surface area contributed by atoms with E-state index in [4.69, 9.17) is 11.5 Å². The van der Waals surface area contributed by atoms with Gasteiger partial charge in [0, 0.05) is 13.0 Å². The van der Waals surface area contributed by atoms with Crippen molar-refractivity contribution in [2.75, 3.05) is 12.3 Å². The first-order valence-electron chi connectivity index (χ1n) is 5.79. The number of anilines is 1. The number of primary amides is 1. The Hall–Kier alpha value is -2.11. The van der Waals surface area contributed by atoms with Gasteiger partial charge in [0.05, 0.1) is 23.1 Å². The Labute approximate surface area is 106 Å². The molecule has 98 valence electrons. The van der Waals surface area contributed by atoms with E-state index in [1.54, 1.807) is 13.0 Å². The smallest absolute Gasteiger partial charge is 0.253 e. The molecular formula is C12H18N4O2. The van der Waals surface area contributed by atoms with Gasteiger partial charge in [-0.3, -0.25) is 14.6 Å². The lowest BCUT2D eigenvalue weighted by Crippen LogP contribution is -2.25. The van der Waals surface area contributed by atoms with E-state index in [2.05, 4.69) is 10.3 Å². The van der Waals surface area contributed by atoms with Crippen molar-refractivity contribution in [1.29, 1.82) is 0 Å². The summed E-state index contributed by atoms with van der Waals surface area (Å²) in [6.07, 6.45) is 3.24. The van der Waals surface area contributed by atoms with E-state index < -0.39 is 0 Å². The number of hydrogen-bond acceptors (Lipinski definition) is 4. The summed E-state index contributed by atoms with van der Waals surface area (Å²) in [4.78, 5) is 26.3. The molecule has 1 rings (SSSR count). The van der Waals surface area contributed by atoms with Crippen LogP contribution in [0.4, 0.5) is 5.69 Å². The fraction of sp³-hybridized carbons (Fsp3) is 0.417. The van der Waals surface area contributed by atoms with Crippen molar-refractivity contribution in [1.82, 2.24) is 10.3 Å². The standard InChI is InChI=1S/C12H18N4O2/c1-8-10(6-9(13)7-16-8)12(18)15-5-3-2-4-11(14)17/h6-7H,2-5,13H2,1H3,(H2,14,17)(H,15,18). The largest absolute Gasteiger partial charge is 0.397 e. The highest BCUT2D eigenvalue weighted by atomic mass is 16.2. The topological polar surface area (TPSA) is 111 Å². The molecule has 0 radical (unpaired) electrons. The van der Waals surface area contributed by atoms with Crippen molar-refractivity contribution in [3.8, 4) is 0 Å². The van der Waals surface area contributed by atoms with Crippen LogP contribution in [-0.2, 0) is 4.79 Å². The molecule has 0 aliphatic rings. The van der Waals surface area contributed by atoms with Crippen LogP contribution < -0.4 is 16.8 Å². The minimum Gasteiger partial charge on any atom is -0.397 e. The molecule has 6 nitrogen and oxygen atoms in total. The molecule has 2 amide bonds.